The van der Waals surface area contributed by atoms with Gasteiger partial charge in [0.25, 0.3) is 0 Å². The van der Waals surface area contributed by atoms with Gasteiger partial charge in [-0.1, -0.05) is 13.0 Å². The highest BCUT2D eigenvalue weighted by molar-refractivity contribution is 7.84. The standard InChI is InChI=1S/C11H18N2O2S/c1-9(6-12)7-16(14)8-10-4-3-5-11(13-10)15-2/h3-5,9H,6-8,12H2,1-2H3. The van der Waals surface area contributed by atoms with Crippen molar-refractivity contribution in [2.45, 2.75) is 12.7 Å². The van der Waals surface area contributed by atoms with Crippen LogP contribution in [0.2, 0.25) is 0 Å². The molecule has 5 heteroatoms. The summed E-state index contributed by atoms with van der Waals surface area (Å²) in [7, 11) is 0.660. The van der Waals surface area contributed by atoms with E-state index in [9.17, 15) is 4.21 Å². The third-order valence-corrected chi connectivity index (χ3v) is 3.73. The molecule has 1 rings (SSSR count). The number of ether oxygens (including phenoxy) is 1. The van der Waals surface area contributed by atoms with Crippen molar-refractivity contribution in [3.8, 4) is 5.88 Å². The zero-order valence-corrected chi connectivity index (χ0v) is 10.5. The first kappa shape index (κ1) is 13.1. The number of rotatable bonds is 6. The zero-order valence-electron chi connectivity index (χ0n) is 9.68. The molecule has 0 aliphatic carbocycles. The van der Waals surface area contributed by atoms with Crippen molar-refractivity contribution < 1.29 is 8.95 Å². The van der Waals surface area contributed by atoms with E-state index in [0.29, 0.717) is 23.9 Å². The van der Waals surface area contributed by atoms with Crippen LogP contribution in [0.15, 0.2) is 18.2 Å². The van der Waals surface area contributed by atoms with Gasteiger partial charge in [0.05, 0.1) is 18.6 Å². The third-order valence-electron chi connectivity index (χ3n) is 2.17. The fourth-order valence-electron chi connectivity index (χ4n) is 1.26. The second-order valence-corrected chi connectivity index (χ2v) is 5.26. The van der Waals surface area contributed by atoms with Gasteiger partial charge in [-0.25, -0.2) is 4.98 Å². The fourth-order valence-corrected chi connectivity index (χ4v) is 2.64. The molecule has 0 saturated carbocycles. The molecule has 0 aliphatic rings. The summed E-state index contributed by atoms with van der Waals surface area (Å²) in [4.78, 5) is 4.22. The van der Waals surface area contributed by atoms with Crippen LogP contribution in [0.25, 0.3) is 0 Å². The van der Waals surface area contributed by atoms with E-state index >= 15 is 0 Å². The van der Waals surface area contributed by atoms with Gasteiger partial charge in [-0.2, -0.15) is 0 Å². The maximum atomic E-state index is 11.8. The Morgan fingerprint density at radius 3 is 2.94 bits per heavy atom. The minimum absolute atomic E-state index is 0.284. The molecule has 0 radical (unpaired) electrons. The molecule has 0 spiro atoms. The van der Waals surface area contributed by atoms with E-state index in [1.54, 1.807) is 13.2 Å². The van der Waals surface area contributed by atoms with Crippen molar-refractivity contribution in [1.82, 2.24) is 4.98 Å². The monoisotopic (exact) mass is 242 g/mol. The lowest BCUT2D eigenvalue weighted by Crippen LogP contribution is -2.18. The van der Waals surface area contributed by atoms with Crippen LogP contribution in [-0.2, 0) is 16.6 Å². The Balaban J connectivity index is 2.55. The van der Waals surface area contributed by atoms with Crippen LogP contribution in [0.3, 0.4) is 0 Å². The second kappa shape index (κ2) is 6.60. The van der Waals surface area contributed by atoms with Crippen molar-refractivity contribution in [1.29, 1.82) is 0 Å². The third kappa shape index (κ3) is 4.28. The summed E-state index contributed by atoms with van der Waals surface area (Å²) >= 11 is 0. The fraction of sp³-hybridized carbons (Fsp3) is 0.545. The van der Waals surface area contributed by atoms with Gasteiger partial charge in [0.2, 0.25) is 5.88 Å². The summed E-state index contributed by atoms with van der Waals surface area (Å²) in [6.07, 6.45) is 0. The molecule has 2 unspecified atom stereocenters. The van der Waals surface area contributed by atoms with E-state index in [2.05, 4.69) is 4.98 Å². The van der Waals surface area contributed by atoms with Gasteiger partial charge in [-0.3, -0.25) is 4.21 Å². The minimum atomic E-state index is -0.909. The number of nitrogens with two attached hydrogens (primary N) is 1. The first-order chi connectivity index (χ1) is 7.65. The average molecular weight is 242 g/mol. The van der Waals surface area contributed by atoms with Crippen LogP contribution in [0.1, 0.15) is 12.6 Å². The number of nitrogens with zero attached hydrogens (tertiary/aromatic N) is 1. The number of hydrogen-bond acceptors (Lipinski definition) is 4. The van der Waals surface area contributed by atoms with Gasteiger partial charge in [0, 0.05) is 22.6 Å². The molecule has 0 saturated heterocycles. The lowest BCUT2D eigenvalue weighted by atomic mass is 10.2. The van der Waals surface area contributed by atoms with E-state index < -0.39 is 10.8 Å². The number of methoxy groups -OCH3 is 1. The molecule has 0 bridgehead atoms. The van der Waals surface area contributed by atoms with Crippen molar-refractivity contribution in [3.63, 3.8) is 0 Å². The maximum absolute atomic E-state index is 11.8. The number of aromatic nitrogens is 1. The van der Waals surface area contributed by atoms with Crippen molar-refractivity contribution in [2.75, 3.05) is 19.4 Å². The van der Waals surface area contributed by atoms with Gasteiger partial charge < -0.3 is 10.5 Å². The first-order valence-corrected chi connectivity index (χ1v) is 6.69. The molecule has 0 amide bonds. The summed E-state index contributed by atoms with van der Waals surface area (Å²) in [5, 5.41) is 0. The highest BCUT2D eigenvalue weighted by Crippen LogP contribution is 2.09. The van der Waals surface area contributed by atoms with Gasteiger partial charge >= 0.3 is 0 Å². The summed E-state index contributed by atoms with van der Waals surface area (Å²) in [6.45, 7) is 2.56. The largest absolute Gasteiger partial charge is 0.481 e. The smallest absolute Gasteiger partial charge is 0.213 e. The highest BCUT2D eigenvalue weighted by Gasteiger charge is 2.08. The number of pyridine rings is 1. The Morgan fingerprint density at radius 2 is 2.31 bits per heavy atom. The van der Waals surface area contributed by atoms with Crippen LogP contribution in [-0.4, -0.2) is 28.6 Å². The normalized spacial score (nSPS) is 14.4. The predicted octanol–water partition coefficient (Wildman–Crippen LogP) is 0.934. The van der Waals surface area contributed by atoms with Crippen LogP contribution in [0.5, 0.6) is 5.88 Å². The molecule has 2 atom stereocenters. The molecule has 1 heterocycles. The Morgan fingerprint density at radius 1 is 1.56 bits per heavy atom. The predicted molar refractivity (Wildman–Crippen MR) is 65.7 cm³/mol. The molecule has 0 fully saturated rings. The maximum Gasteiger partial charge on any atom is 0.213 e. The molecule has 0 aliphatic heterocycles. The summed E-state index contributed by atoms with van der Waals surface area (Å²) in [5.74, 6) is 1.92. The van der Waals surface area contributed by atoms with Gasteiger partial charge in [-0.15, -0.1) is 0 Å². The Hall–Kier alpha value is -0.940. The second-order valence-electron chi connectivity index (χ2n) is 3.76. The van der Waals surface area contributed by atoms with Crippen LogP contribution < -0.4 is 10.5 Å². The molecule has 0 aromatic carbocycles. The van der Waals surface area contributed by atoms with Crippen molar-refractivity contribution in [3.05, 3.63) is 23.9 Å². The van der Waals surface area contributed by atoms with Gasteiger partial charge in [-0.05, 0) is 18.5 Å². The van der Waals surface area contributed by atoms with E-state index in [-0.39, 0.29) is 5.92 Å². The lowest BCUT2D eigenvalue weighted by molar-refractivity contribution is 0.397. The Labute approximate surface area is 98.7 Å². The number of hydrogen-bond donors (Lipinski definition) is 1. The Kier molecular flexibility index (Phi) is 5.42. The van der Waals surface area contributed by atoms with Crippen LogP contribution in [0, 0.1) is 5.92 Å². The molecular weight excluding hydrogens is 224 g/mol. The molecule has 1 aromatic heterocycles. The zero-order chi connectivity index (χ0) is 12.0. The van der Waals surface area contributed by atoms with Crippen molar-refractivity contribution in [2.24, 2.45) is 11.7 Å². The summed E-state index contributed by atoms with van der Waals surface area (Å²) < 4.78 is 16.8. The molecule has 16 heavy (non-hydrogen) atoms. The van der Waals surface area contributed by atoms with Crippen LogP contribution in [0.4, 0.5) is 0 Å². The molecular formula is C11H18N2O2S. The van der Waals surface area contributed by atoms with Gasteiger partial charge in [0.15, 0.2) is 0 Å². The topological polar surface area (TPSA) is 65.2 Å². The molecule has 90 valence electrons. The summed E-state index contributed by atoms with van der Waals surface area (Å²) in [6, 6.07) is 5.48. The first-order valence-electron chi connectivity index (χ1n) is 5.20. The van der Waals surface area contributed by atoms with Crippen molar-refractivity contribution >= 4 is 10.8 Å². The molecule has 4 nitrogen and oxygen atoms in total. The Bertz CT molecular complexity index is 358. The van der Waals surface area contributed by atoms with E-state index in [0.717, 1.165) is 5.69 Å². The van der Waals surface area contributed by atoms with E-state index in [4.69, 9.17) is 10.5 Å². The minimum Gasteiger partial charge on any atom is -0.481 e. The van der Waals surface area contributed by atoms with E-state index in [1.807, 2.05) is 19.1 Å². The molecule has 2 N–H and O–H groups in total. The lowest BCUT2D eigenvalue weighted by Gasteiger charge is -2.08. The van der Waals surface area contributed by atoms with Crippen LogP contribution >= 0.6 is 0 Å². The average Bonchev–Trinajstić information content (AvgIpc) is 2.28. The van der Waals surface area contributed by atoms with Gasteiger partial charge in [0.1, 0.15) is 0 Å². The highest BCUT2D eigenvalue weighted by atomic mass is 32.2. The van der Waals surface area contributed by atoms with E-state index in [1.165, 1.54) is 0 Å². The molecule has 1 aromatic rings. The SMILES string of the molecule is COc1cccc(CS(=O)CC(C)CN)n1. The summed E-state index contributed by atoms with van der Waals surface area (Å²) in [5.41, 5.74) is 6.28. The quantitative estimate of drug-likeness (QED) is 0.806.